The summed E-state index contributed by atoms with van der Waals surface area (Å²) < 4.78 is 3.98. The zero-order chi connectivity index (χ0) is 18.5. The fraction of sp³-hybridized carbons (Fsp3) is 0.600. The van der Waals surface area contributed by atoms with Crippen molar-refractivity contribution in [2.45, 2.75) is 58.3 Å². The third kappa shape index (κ3) is 2.99. The normalized spacial score (nSPS) is 17.4. The van der Waals surface area contributed by atoms with Crippen molar-refractivity contribution < 1.29 is 0 Å². The summed E-state index contributed by atoms with van der Waals surface area (Å²) in [7, 11) is 2.00. The molecule has 0 bridgehead atoms. The van der Waals surface area contributed by atoms with Crippen molar-refractivity contribution in [2.75, 3.05) is 18.0 Å². The standard InChI is InChI=1S/C20H27N7/c1-13-14(2)27-19(21-13)17(15-6-7-15)12-16(23-27)8-9-18-22-20(24-25(18)3)26-10-4-5-11-26/h12,15H,4-11H2,1-3H3. The Hall–Kier alpha value is -2.44. The molecule has 1 saturated heterocycles. The molecule has 2 fully saturated rings. The highest BCUT2D eigenvalue weighted by Gasteiger charge is 2.28. The molecule has 5 rings (SSSR count). The number of imidazole rings is 1. The van der Waals surface area contributed by atoms with Crippen LogP contribution in [0.1, 0.15) is 60.1 Å². The second-order valence-electron chi connectivity index (χ2n) is 8.03. The summed E-state index contributed by atoms with van der Waals surface area (Å²) in [6.07, 6.45) is 6.75. The van der Waals surface area contributed by atoms with Crippen LogP contribution in [0.4, 0.5) is 5.95 Å². The van der Waals surface area contributed by atoms with Gasteiger partial charge in [-0.2, -0.15) is 10.1 Å². The van der Waals surface area contributed by atoms with Crippen molar-refractivity contribution in [3.63, 3.8) is 0 Å². The van der Waals surface area contributed by atoms with Gasteiger partial charge in [-0.3, -0.25) is 4.68 Å². The molecule has 1 saturated carbocycles. The topological polar surface area (TPSA) is 64.1 Å². The van der Waals surface area contributed by atoms with E-state index in [1.807, 2.05) is 16.2 Å². The van der Waals surface area contributed by atoms with Gasteiger partial charge in [-0.1, -0.05) is 0 Å². The van der Waals surface area contributed by atoms with E-state index in [0.29, 0.717) is 5.92 Å². The van der Waals surface area contributed by atoms with Crippen molar-refractivity contribution in [1.82, 2.24) is 29.4 Å². The molecule has 0 radical (unpaired) electrons. The first-order valence-corrected chi connectivity index (χ1v) is 10.1. The predicted molar refractivity (Wildman–Crippen MR) is 104 cm³/mol. The molecule has 4 heterocycles. The molecule has 0 atom stereocenters. The maximum Gasteiger partial charge on any atom is 0.244 e. The van der Waals surface area contributed by atoms with Crippen LogP contribution in [0.15, 0.2) is 6.07 Å². The van der Waals surface area contributed by atoms with Crippen molar-refractivity contribution in [3.05, 3.63) is 34.5 Å². The van der Waals surface area contributed by atoms with Gasteiger partial charge in [-0.25, -0.2) is 9.50 Å². The second kappa shape index (κ2) is 6.32. The van der Waals surface area contributed by atoms with E-state index in [-0.39, 0.29) is 0 Å². The zero-order valence-electron chi connectivity index (χ0n) is 16.4. The van der Waals surface area contributed by atoms with E-state index < -0.39 is 0 Å². The third-order valence-corrected chi connectivity index (χ3v) is 5.98. The summed E-state index contributed by atoms with van der Waals surface area (Å²) in [6.45, 7) is 6.32. The van der Waals surface area contributed by atoms with E-state index in [9.17, 15) is 0 Å². The molecule has 1 aliphatic heterocycles. The van der Waals surface area contributed by atoms with E-state index in [1.165, 1.54) is 31.2 Å². The van der Waals surface area contributed by atoms with Crippen molar-refractivity contribution in [1.29, 1.82) is 0 Å². The van der Waals surface area contributed by atoms with Gasteiger partial charge < -0.3 is 4.90 Å². The SMILES string of the molecule is Cc1nc2c(C3CC3)cc(CCc3nc(N4CCCC4)nn3C)nn2c1C. The minimum atomic E-state index is 0.659. The molecular formula is C20H27N7. The van der Waals surface area contributed by atoms with Gasteiger partial charge in [0.15, 0.2) is 5.65 Å². The Labute approximate surface area is 159 Å². The van der Waals surface area contributed by atoms with Crippen LogP contribution in [-0.4, -0.2) is 42.5 Å². The van der Waals surface area contributed by atoms with E-state index >= 15 is 0 Å². The van der Waals surface area contributed by atoms with Crippen LogP contribution in [0.5, 0.6) is 0 Å². The lowest BCUT2D eigenvalue weighted by Gasteiger charge is -2.10. The maximum absolute atomic E-state index is 4.88. The monoisotopic (exact) mass is 365 g/mol. The molecule has 1 aliphatic carbocycles. The molecule has 0 unspecified atom stereocenters. The average Bonchev–Trinajstić information content (AvgIpc) is 3.09. The smallest absolute Gasteiger partial charge is 0.244 e. The lowest BCUT2D eigenvalue weighted by Crippen LogP contribution is -2.19. The number of fused-ring (bicyclic) bond motifs is 1. The lowest BCUT2D eigenvalue weighted by atomic mass is 10.1. The van der Waals surface area contributed by atoms with E-state index in [2.05, 4.69) is 29.9 Å². The van der Waals surface area contributed by atoms with Crippen molar-refractivity contribution in [3.8, 4) is 0 Å². The molecule has 2 aliphatic rings. The fourth-order valence-electron chi connectivity index (χ4n) is 4.04. The predicted octanol–water partition coefficient (Wildman–Crippen LogP) is 2.74. The van der Waals surface area contributed by atoms with Crippen LogP contribution in [-0.2, 0) is 19.9 Å². The van der Waals surface area contributed by atoms with Gasteiger partial charge in [0.2, 0.25) is 5.95 Å². The first kappa shape index (κ1) is 16.7. The third-order valence-electron chi connectivity index (χ3n) is 5.98. The van der Waals surface area contributed by atoms with Crippen LogP contribution in [0.3, 0.4) is 0 Å². The highest BCUT2D eigenvalue weighted by molar-refractivity contribution is 5.53. The molecule has 0 aromatic carbocycles. The Bertz CT molecular complexity index is 990. The molecule has 27 heavy (non-hydrogen) atoms. The van der Waals surface area contributed by atoms with Crippen LogP contribution in [0.2, 0.25) is 0 Å². The van der Waals surface area contributed by atoms with Gasteiger partial charge in [-0.05, 0) is 57.9 Å². The number of nitrogens with zero attached hydrogens (tertiary/aromatic N) is 7. The van der Waals surface area contributed by atoms with Gasteiger partial charge in [-0.15, -0.1) is 5.10 Å². The van der Waals surface area contributed by atoms with E-state index in [0.717, 1.165) is 60.4 Å². The minimum Gasteiger partial charge on any atom is -0.340 e. The molecule has 0 N–H and O–H groups in total. The Balaban J connectivity index is 1.41. The summed E-state index contributed by atoms with van der Waals surface area (Å²) >= 11 is 0. The van der Waals surface area contributed by atoms with Crippen molar-refractivity contribution >= 4 is 11.6 Å². The minimum absolute atomic E-state index is 0.659. The van der Waals surface area contributed by atoms with Crippen LogP contribution < -0.4 is 4.90 Å². The van der Waals surface area contributed by atoms with Gasteiger partial charge in [0, 0.05) is 32.1 Å². The Kier molecular flexibility index (Phi) is 3.91. The van der Waals surface area contributed by atoms with E-state index in [1.54, 1.807) is 0 Å². The van der Waals surface area contributed by atoms with Crippen LogP contribution in [0, 0.1) is 13.8 Å². The lowest BCUT2D eigenvalue weighted by molar-refractivity contribution is 0.681. The first-order chi connectivity index (χ1) is 13.1. The number of hydrogen-bond acceptors (Lipinski definition) is 5. The first-order valence-electron chi connectivity index (χ1n) is 10.1. The zero-order valence-corrected chi connectivity index (χ0v) is 16.4. The fourth-order valence-corrected chi connectivity index (χ4v) is 4.04. The summed E-state index contributed by atoms with van der Waals surface area (Å²) in [5.41, 5.74) is 5.75. The highest BCUT2D eigenvalue weighted by atomic mass is 15.4. The molecule has 7 nitrogen and oxygen atoms in total. The molecule has 0 spiro atoms. The molecular weight excluding hydrogens is 338 g/mol. The number of aromatic nitrogens is 6. The highest BCUT2D eigenvalue weighted by Crippen LogP contribution is 2.42. The number of hydrogen-bond donors (Lipinski definition) is 0. The number of aryl methyl sites for hydroxylation is 5. The van der Waals surface area contributed by atoms with Crippen LogP contribution >= 0.6 is 0 Å². The Morgan fingerprint density at radius 2 is 1.81 bits per heavy atom. The van der Waals surface area contributed by atoms with Gasteiger partial charge in [0.1, 0.15) is 5.82 Å². The maximum atomic E-state index is 4.88. The summed E-state index contributed by atoms with van der Waals surface area (Å²) in [6, 6.07) is 2.27. The molecule has 3 aromatic heterocycles. The second-order valence-corrected chi connectivity index (χ2v) is 8.03. The molecule has 0 amide bonds. The van der Waals surface area contributed by atoms with Gasteiger partial charge in [0.25, 0.3) is 0 Å². The Morgan fingerprint density at radius 3 is 2.56 bits per heavy atom. The van der Waals surface area contributed by atoms with Gasteiger partial charge in [0.05, 0.1) is 17.1 Å². The summed E-state index contributed by atoms with van der Waals surface area (Å²) in [4.78, 5) is 11.8. The molecule has 142 valence electrons. The summed E-state index contributed by atoms with van der Waals surface area (Å²) in [5.74, 6) is 2.57. The Morgan fingerprint density at radius 1 is 1.04 bits per heavy atom. The summed E-state index contributed by atoms with van der Waals surface area (Å²) in [5, 5.41) is 9.51. The van der Waals surface area contributed by atoms with Crippen molar-refractivity contribution in [2.24, 2.45) is 7.05 Å². The largest absolute Gasteiger partial charge is 0.340 e. The van der Waals surface area contributed by atoms with Crippen LogP contribution in [0.25, 0.3) is 5.65 Å². The number of anilines is 1. The van der Waals surface area contributed by atoms with Gasteiger partial charge >= 0.3 is 0 Å². The van der Waals surface area contributed by atoms with E-state index in [4.69, 9.17) is 15.1 Å². The molecule has 7 heteroatoms. The quantitative estimate of drug-likeness (QED) is 0.696. The average molecular weight is 365 g/mol. The molecule has 3 aromatic rings. The number of rotatable bonds is 5.